The Balaban J connectivity index is 2.27. The van der Waals surface area contributed by atoms with E-state index >= 15 is 0 Å². The lowest BCUT2D eigenvalue weighted by Gasteiger charge is -2.25. The lowest BCUT2D eigenvalue weighted by molar-refractivity contribution is -0.145. The van der Waals surface area contributed by atoms with Crippen molar-refractivity contribution in [3.05, 3.63) is 48.0 Å². The molecule has 0 radical (unpaired) electrons. The van der Waals surface area contributed by atoms with Gasteiger partial charge >= 0.3 is 5.97 Å². The summed E-state index contributed by atoms with van der Waals surface area (Å²) in [5.74, 6) is -1.58. The highest BCUT2D eigenvalue weighted by molar-refractivity contribution is 6.00. The molecule has 2 rings (SSSR count). The largest absolute Gasteiger partial charge is 0.479 e. The smallest absolute Gasteiger partial charge is 0.331 e. The molecule has 1 amide bonds. The fourth-order valence-corrected chi connectivity index (χ4v) is 2.09. The van der Waals surface area contributed by atoms with E-state index in [1.165, 1.54) is 14.0 Å². The molecule has 21 heavy (non-hydrogen) atoms. The summed E-state index contributed by atoms with van der Waals surface area (Å²) in [7, 11) is 1.39. The van der Waals surface area contributed by atoms with E-state index < -0.39 is 17.4 Å². The number of fused-ring (bicyclic) bond motifs is 1. The van der Waals surface area contributed by atoms with E-state index in [2.05, 4.69) is 5.32 Å². The van der Waals surface area contributed by atoms with Gasteiger partial charge in [-0.15, -0.1) is 0 Å². The minimum absolute atomic E-state index is 0.109. The van der Waals surface area contributed by atoms with Gasteiger partial charge in [0.15, 0.2) is 5.54 Å². The standard InChI is InChI=1S/C16H17NO4/c1-16(10-21-2,15(19)20)17-14(18)13-8-7-11-5-3-4-6-12(11)9-13/h3-9H,10H2,1-2H3,(H,17,18)(H,19,20). The summed E-state index contributed by atoms with van der Waals surface area (Å²) < 4.78 is 4.88. The second-order valence-electron chi connectivity index (χ2n) is 5.09. The van der Waals surface area contributed by atoms with Crippen molar-refractivity contribution in [2.24, 2.45) is 0 Å². The number of aliphatic carboxylic acids is 1. The van der Waals surface area contributed by atoms with Crippen LogP contribution in [0.2, 0.25) is 0 Å². The van der Waals surface area contributed by atoms with Crippen LogP contribution in [0.4, 0.5) is 0 Å². The Morgan fingerprint density at radius 1 is 1.19 bits per heavy atom. The molecule has 1 unspecified atom stereocenters. The van der Waals surface area contributed by atoms with Gasteiger partial charge in [0.2, 0.25) is 0 Å². The molecule has 2 aromatic rings. The van der Waals surface area contributed by atoms with E-state index in [4.69, 9.17) is 4.74 Å². The Morgan fingerprint density at radius 3 is 2.48 bits per heavy atom. The fraction of sp³-hybridized carbons (Fsp3) is 0.250. The van der Waals surface area contributed by atoms with Crippen LogP contribution in [-0.2, 0) is 9.53 Å². The lowest BCUT2D eigenvalue weighted by atomic mass is 10.0. The van der Waals surface area contributed by atoms with Gasteiger partial charge in [-0.3, -0.25) is 4.79 Å². The molecule has 0 aromatic heterocycles. The Morgan fingerprint density at radius 2 is 1.86 bits per heavy atom. The SMILES string of the molecule is COCC(C)(NC(=O)c1ccc2ccccc2c1)C(=O)O. The van der Waals surface area contributed by atoms with Gasteiger partial charge in [0.25, 0.3) is 5.91 Å². The second-order valence-corrected chi connectivity index (χ2v) is 5.09. The summed E-state index contributed by atoms with van der Waals surface area (Å²) in [6.45, 7) is 1.30. The van der Waals surface area contributed by atoms with Gasteiger partial charge in [-0.05, 0) is 29.8 Å². The van der Waals surface area contributed by atoms with Crippen LogP contribution >= 0.6 is 0 Å². The van der Waals surface area contributed by atoms with Crippen LogP contribution < -0.4 is 5.32 Å². The molecular formula is C16H17NO4. The van der Waals surface area contributed by atoms with E-state index in [0.29, 0.717) is 5.56 Å². The summed E-state index contributed by atoms with van der Waals surface area (Å²) in [5.41, 5.74) is -1.05. The maximum absolute atomic E-state index is 12.3. The first kappa shape index (κ1) is 15.0. The van der Waals surface area contributed by atoms with Crippen LogP contribution in [0.1, 0.15) is 17.3 Å². The van der Waals surface area contributed by atoms with E-state index in [1.54, 1.807) is 12.1 Å². The normalized spacial score (nSPS) is 13.6. The summed E-state index contributed by atoms with van der Waals surface area (Å²) in [4.78, 5) is 23.5. The molecule has 0 aliphatic carbocycles. The number of rotatable bonds is 5. The van der Waals surface area contributed by atoms with E-state index in [9.17, 15) is 14.7 Å². The fourth-order valence-electron chi connectivity index (χ4n) is 2.09. The Kier molecular flexibility index (Phi) is 4.23. The minimum Gasteiger partial charge on any atom is -0.479 e. The number of hydrogen-bond acceptors (Lipinski definition) is 3. The number of carbonyl (C=O) groups is 2. The third kappa shape index (κ3) is 3.20. The van der Waals surface area contributed by atoms with Gasteiger partial charge in [0.1, 0.15) is 0 Å². The summed E-state index contributed by atoms with van der Waals surface area (Å²) in [5, 5.41) is 13.7. The Hall–Kier alpha value is -2.40. The van der Waals surface area contributed by atoms with Gasteiger partial charge in [0.05, 0.1) is 6.61 Å². The minimum atomic E-state index is -1.46. The zero-order valence-electron chi connectivity index (χ0n) is 11.9. The molecule has 0 bridgehead atoms. The predicted octanol–water partition coefficient (Wildman–Crippen LogP) is 2.06. The summed E-state index contributed by atoms with van der Waals surface area (Å²) in [6.07, 6.45) is 0. The molecule has 2 aromatic carbocycles. The predicted molar refractivity (Wildman–Crippen MR) is 79.3 cm³/mol. The number of benzene rings is 2. The van der Waals surface area contributed by atoms with E-state index in [0.717, 1.165) is 10.8 Å². The summed E-state index contributed by atoms with van der Waals surface area (Å²) in [6, 6.07) is 12.9. The first-order chi connectivity index (χ1) is 9.96. The monoisotopic (exact) mass is 287 g/mol. The molecule has 0 saturated heterocycles. The number of carboxylic acids is 1. The molecule has 5 nitrogen and oxygen atoms in total. The van der Waals surface area contributed by atoms with Crippen molar-refractivity contribution < 1.29 is 19.4 Å². The topological polar surface area (TPSA) is 75.6 Å². The quantitative estimate of drug-likeness (QED) is 0.882. The molecule has 0 aliphatic rings. The Labute approximate surface area is 122 Å². The molecule has 0 fully saturated rings. The van der Waals surface area contributed by atoms with Crippen LogP contribution in [0.5, 0.6) is 0 Å². The van der Waals surface area contributed by atoms with E-state index in [-0.39, 0.29) is 6.61 Å². The maximum Gasteiger partial charge on any atom is 0.331 e. The van der Waals surface area contributed by atoms with Crippen molar-refractivity contribution in [1.29, 1.82) is 0 Å². The van der Waals surface area contributed by atoms with Crippen molar-refractivity contribution in [2.75, 3.05) is 13.7 Å². The number of ether oxygens (including phenoxy) is 1. The third-order valence-corrected chi connectivity index (χ3v) is 3.31. The number of hydrogen-bond donors (Lipinski definition) is 2. The third-order valence-electron chi connectivity index (χ3n) is 3.31. The van der Waals surface area contributed by atoms with Crippen molar-refractivity contribution in [3.63, 3.8) is 0 Å². The van der Waals surface area contributed by atoms with Gasteiger partial charge in [-0.2, -0.15) is 0 Å². The van der Waals surface area contributed by atoms with Crippen molar-refractivity contribution in [1.82, 2.24) is 5.32 Å². The highest BCUT2D eigenvalue weighted by atomic mass is 16.5. The van der Waals surface area contributed by atoms with Gasteiger partial charge in [-0.1, -0.05) is 30.3 Å². The molecule has 5 heteroatoms. The molecule has 1 atom stereocenters. The number of methoxy groups -OCH3 is 1. The zero-order valence-corrected chi connectivity index (χ0v) is 11.9. The highest BCUT2D eigenvalue weighted by Crippen LogP contribution is 2.16. The van der Waals surface area contributed by atoms with Crippen molar-refractivity contribution in [2.45, 2.75) is 12.5 Å². The first-order valence-electron chi connectivity index (χ1n) is 6.50. The molecule has 110 valence electrons. The van der Waals surface area contributed by atoms with Crippen LogP contribution in [0.3, 0.4) is 0 Å². The molecule has 2 N–H and O–H groups in total. The average molecular weight is 287 g/mol. The number of nitrogens with one attached hydrogen (secondary N) is 1. The molecule has 0 heterocycles. The van der Waals surface area contributed by atoms with Crippen LogP contribution in [-0.4, -0.2) is 36.2 Å². The first-order valence-corrected chi connectivity index (χ1v) is 6.50. The second kappa shape index (κ2) is 5.93. The van der Waals surface area contributed by atoms with Crippen molar-refractivity contribution >= 4 is 22.6 Å². The van der Waals surface area contributed by atoms with Crippen LogP contribution in [0.15, 0.2) is 42.5 Å². The van der Waals surface area contributed by atoms with Gasteiger partial charge in [-0.25, -0.2) is 4.79 Å². The summed E-state index contributed by atoms with van der Waals surface area (Å²) >= 11 is 0. The Bertz CT molecular complexity index is 683. The number of carboxylic acid groups (broad SMARTS) is 1. The number of carbonyl (C=O) groups excluding carboxylic acids is 1. The molecule has 0 spiro atoms. The van der Waals surface area contributed by atoms with Crippen LogP contribution in [0.25, 0.3) is 10.8 Å². The zero-order chi connectivity index (χ0) is 15.5. The van der Waals surface area contributed by atoms with E-state index in [1.807, 2.05) is 30.3 Å². The molecule has 0 aliphatic heterocycles. The number of amides is 1. The van der Waals surface area contributed by atoms with Gasteiger partial charge < -0.3 is 15.2 Å². The van der Waals surface area contributed by atoms with Crippen LogP contribution in [0, 0.1) is 0 Å². The maximum atomic E-state index is 12.3. The van der Waals surface area contributed by atoms with Gasteiger partial charge in [0, 0.05) is 12.7 Å². The molecular weight excluding hydrogens is 270 g/mol. The molecule has 0 saturated carbocycles. The lowest BCUT2D eigenvalue weighted by Crippen LogP contribution is -2.55. The van der Waals surface area contributed by atoms with Crippen molar-refractivity contribution in [3.8, 4) is 0 Å². The highest BCUT2D eigenvalue weighted by Gasteiger charge is 2.35. The average Bonchev–Trinajstić information content (AvgIpc) is 2.46.